The van der Waals surface area contributed by atoms with Crippen molar-refractivity contribution in [1.29, 1.82) is 5.26 Å². The van der Waals surface area contributed by atoms with Crippen molar-refractivity contribution in [3.05, 3.63) is 47.2 Å². The molecule has 0 bridgehead atoms. The highest BCUT2D eigenvalue weighted by atomic mass is 16.5. The van der Waals surface area contributed by atoms with Gasteiger partial charge in [0.15, 0.2) is 0 Å². The molecule has 196 valence electrons. The Morgan fingerprint density at radius 1 is 1.16 bits per heavy atom. The molecular formula is C27H35N7O3. The largest absolute Gasteiger partial charge is 0.465 e. The number of ether oxygens (including phenoxy) is 1. The molecule has 10 nitrogen and oxygen atoms in total. The number of fused-ring (bicyclic) bond motifs is 1. The molecule has 1 amide bonds. The van der Waals surface area contributed by atoms with Gasteiger partial charge in [-0.05, 0) is 38.4 Å². The van der Waals surface area contributed by atoms with E-state index in [2.05, 4.69) is 52.1 Å². The summed E-state index contributed by atoms with van der Waals surface area (Å²) >= 11 is 0. The Balaban J connectivity index is 1.40. The van der Waals surface area contributed by atoms with E-state index in [1.807, 2.05) is 6.07 Å². The van der Waals surface area contributed by atoms with Gasteiger partial charge in [-0.3, -0.25) is 4.90 Å². The minimum Gasteiger partial charge on any atom is -0.465 e. The lowest BCUT2D eigenvalue weighted by Crippen LogP contribution is -2.55. The van der Waals surface area contributed by atoms with E-state index < -0.39 is 12.1 Å². The Bertz CT molecular complexity index is 1140. The number of likely N-dealkylation sites (tertiary alicyclic amines) is 1. The molecule has 2 saturated heterocycles. The van der Waals surface area contributed by atoms with Crippen LogP contribution in [-0.4, -0.2) is 94.3 Å². The second-order valence-corrected chi connectivity index (χ2v) is 10.2. The number of likely N-dealkylation sites (N-methyl/N-ethyl adjacent to an activating group) is 1. The van der Waals surface area contributed by atoms with Crippen LogP contribution in [0.1, 0.15) is 36.1 Å². The predicted molar refractivity (Wildman–Crippen MR) is 138 cm³/mol. The third kappa shape index (κ3) is 5.78. The fraction of sp³-hybridized carbons (Fsp3) is 0.556. The quantitative estimate of drug-likeness (QED) is 0.607. The zero-order chi connectivity index (χ0) is 25.8. The molecule has 2 atom stereocenters. The van der Waals surface area contributed by atoms with Crippen molar-refractivity contribution in [2.45, 2.75) is 50.9 Å². The maximum atomic E-state index is 11.7. The van der Waals surface area contributed by atoms with Crippen LogP contribution in [-0.2, 0) is 19.5 Å². The molecule has 2 fully saturated rings. The van der Waals surface area contributed by atoms with Gasteiger partial charge in [0, 0.05) is 50.9 Å². The molecule has 0 spiro atoms. The number of nitriles is 1. The summed E-state index contributed by atoms with van der Waals surface area (Å²) in [5.74, 6) is 0.826. The summed E-state index contributed by atoms with van der Waals surface area (Å²) in [4.78, 5) is 29.7. The highest BCUT2D eigenvalue weighted by Gasteiger charge is 2.34. The van der Waals surface area contributed by atoms with Crippen molar-refractivity contribution in [3.8, 4) is 12.1 Å². The van der Waals surface area contributed by atoms with Crippen LogP contribution in [0.25, 0.3) is 0 Å². The topological polar surface area (TPSA) is 109 Å². The van der Waals surface area contributed by atoms with Crippen molar-refractivity contribution in [2.75, 3.05) is 51.3 Å². The van der Waals surface area contributed by atoms with E-state index >= 15 is 0 Å². The van der Waals surface area contributed by atoms with E-state index in [-0.39, 0.29) is 6.42 Å². The van der Waals surface area contributed by atoms with E-state index in [9.17, 15) is 15.2 Å². The maximum absolute atomic E-state index is 11.7. The molecule has 4 heterocycles. The zero-order valence-electron chi connectivity index (χ0n) is 21.4. The van der Waals surface area contributed by atoms with Crippen molar-refractivity contribution in [2.24, 2.45) is 0 Å². The predicted octanol–water partition coefficient (Wildman–Crippen LogP) is 2.59. The second kappa shape index (κ2) is 11.3. The van der Waals surface area contributed by atoms with Crippen molar-refractivity contribution < 1.29 is 14.6 Å². The molecule has 1 aromatic heterocycles. The minimum absolute atomic E-state index is 0.151. The molecule has 3 aliphatic rings. The van der Waals surface area contributed by atoms with Gasteiger partial charge in [0.05, 0.1) is 24.2 Å². The monoisotopic (exact) mass is 505 g/mol. The molecule has 0 saturated carbocycles. The first-order valence-electron chi connectivity index (χ1n) is 13.1. The molecule has 10 heteroatoms. The molecule has 1 aromatic carbocycles. The molecule has 0 radical (unpaired) electrons. The normalized spacial score (nSPS) is 22.5. The van der Waals surface area contributed by atoms with Crippen LogP contribution in [0.2, 0.25) is 0 Å². The number of anilines is 1. The standard InChI is InChI=1S/C27H35N7O3/c1-31-12-5-8-22(31)19-37-26-29-24-18-32(16-20-6-3-2-4-7-20)13-10-23(24)25(30-26)33-14-15-34(27(35)36)21(17-33)9-11-28/h2-4,6-7,21-22H,5,8-10,12-19H2,1H3,(H,35,36). The first-order chi connectivity index (χ1) is 18.0. The number of rotatable bonds is 7. The number of carboxylic acid groups (broad SMARTS) is 1. The van der Waals surface area contributed by atoms with Gasteiger partial charge in [-0.25, -0.2) is 4.79 Å². The van der Waals surface area contributed by atoms with Gasteiger partial charge < -0.3 is 24.5 Å². The number of hydrogen-bond donors (Lipinski definition) is 1. The molecule has 1 N–H and O–H groups in total. The molecule has 2 unspecified atom stereocenters. The molecule has 0 aliphatic carbocycles. The summed E-state index contributed by atoms with van der Waals surface area (Å²) in [5.41, 5.74) is 3.35. The highest BCUT2D eigenvalue weighted by Crippen LogP contribution is 2.31. The van der Waals surface area contributed by atoms with Crippen LogP contribution in [0.4, 0.5) is 10.6 Å². The van der Waals surface area contributed by atoms with Crippen LogP contribution >= 0.6 is 0 Å². The Kier molecular flexibility index (Phi) is 7.72. The fourth-order valence-corrected chi connectivity index (χ4v) is 5.69. The van der Waals surface area contributed by atoms with Gasteiger partial charge in [0.25, 0.3) is 0 Å². The van der Waals surface area contributed by atoms with Gasteiger partial charge in [0.1, 0.15) is 12.4 Å². The van der Waals surface area contributed by atoms with Gasteiger partial charge in [-0.2, -0.15) is 15.2 Å². The molecule has 3 aliphatic heterocycles. The smallest absolute Gasteiger partial charge is 0.407 e. The number of piperazine rings is 1. The van der Waals surface area contributed by atoms with Crippen molar-refractivity contribution in [1.82, 2.24) is 24.7 Å². The lowest BCUT2D eigenvalue weighted by molar-refractivity contribution is 0.118. The third-order valence-electron chi connectivity index (χ3n) is 7.78. The van der Waals surface area contributed by atoms with E-state index in [1.54, 1.807) is 0 Å². The maximum Gasteiger partial charge on any atom is 0.407 e. The first-order valence-corrected chi connectivity index (χ1v) is 13.1. The lowest BCUT2D eigenvalue weighted by Gasteiger charge is -2.41. The number of nitrogens with zero attached hydrogens (tertiary/aromatic N) is 7. The summed E-state index contributed by atoms with van der Waals surface area (Å²) in [7, 11) is 2.12. The van der Waals surface area contributed by atoms with Crippen LogP contribution < -0.4 is 9.64 Å². The number of carbonyl (C=O) groups is 1. The summed E-state index contributed by atoms with van der Waals surface area (Å²) in [6.07, 6.45) is 2.25. The number of aromatic nitrogens is 2. The summed E-state index contributed by atoms with van der Waals surface area (Å²) in [6, 6.07) is 12.9. The summed E-state index contributed by atoms with van der Waals surface area (Å²) < 4.78 is 6.18. The number of benzene rings is 1. The van der Waals surface area contributed by atoms with E-state index in [4.69, 9.17) is 14.7 Å². The minimum atomic E-state index is -0.981. The third-order valence-corrected chi connectivity index (χ3v) is 7.78. The average molecular weight is 506 g/mol. The number of amides is 1. The Labute approximate surface area is 218 Å². The van der Waals surface area contributed by atoms with Crippen LogP contribution in [0.5, 0.6) is 6.01 Å². The Morgan fingerprint density at radius 2 is 2.00 bits per heavy atom. The highest BCUT2D eigenvalue weighted by molar-refractivity contribution is 5.66. The lowest BCUT2D eigenvalue weighted by atomic mass is 10.0. The SMILES string of the molecule is CN1CCCC1COc1nc2c(c(N3CCN(C(=O)O)C(CC#N)C3)n1)CCN(Cc1ccccc1)C2. The molecule has 37 heavy (non-hydrogen) atoms. The fourth-order valence-electron chi connectivity index (χ4n) is 5.69. The van der Waals surface area contributed by atoms with Gasteiger partial charge >= 0.3 is 12.1 Å². The van der Waals surface area contributed by atoms with Gasteiger partial charge in [0.2, 0.25) is 0 Å². The molecular weight excluding hydrogens is 470 g/mol. The number of hydrogen-bond acceptors (Lipinski definition) is 8. The van der Waals surface area contributed by atoms with Crippen molar-refractivity contribution >= 4 is 11.9 Å². The molecule has 2 aromatic rings. The average Bonchev–Trinajstić information content (AvgIpc) is 3.32. The van der Waals surface area contributed by atoms with Gasteiger partial charge in [-0.1, -0.05) is 30.3 Å². The van der Waals surface area contributed by atoms with Crippen molar-refractivity contribution in [3.63, 3.8) is 0 Å². The molecule has 5 rings (SSSR count). The van der Waals surface area contributed by atoms with Crippen LogP contribution in [0, 0.1) is 11.3 Å². The Hall–Kier alpha value is -3.42. The Morgan fingerprint density at radius 3 is 2.73 bits per heavy atom. The summed E-state index contributed by atoms with van der Waals surface area (Å²) in [6.45, 7) is 5.36. The van der Waals surface area contributed by atoms with Crippen LogP contribution in [0.15, 0.2) is 30.3 Å². The van der Waals surface area contributed by atoms with E-state index in [1.165, 1.54) is 16.9 Å². The summed E-state index contributed by atoms with van der Waals surface area (Å²) in [5, 5.41) is 18.9. The zero-order valence-corrected chi connectivity index (χ0v) is 21.4. The van der Waals surface area contributed by atoms with E-state index in [0.29, 0.717) is 44.8 Å². The van der Waals surface area contributed by atoms with E-state index in [0.717, 1.165) is 49.6 Å². The second-order valence-electron chi connectivity index (χ2n) is 10.2. The first kappa shape index (κ1) is 25.2. The van der Waals surface area contributed by atoms with Crippen LogP contribution in [0.3, 0.4) is 0 Å². The van der Waals surface area contributed by atoms with Gasteiger partial charge in [-0.15, -0.1) is 0 Å².